The summed E-state index contributed by atoms with van der Waals surface area (Å²) >= 11 is 1.66. The lowest BCUT2D eigenvalue weighted by molar-refractivity contribution is 0.737. The molecule has 3 nitrogen and oxygen atoms in total. The normalized spacial score (nSPS) is 12.7. The molecule has 1 aromatic heterocycles. The van der Waals surface area contributed by atoms with Crippen LogP contribution < -0.4 is 11.5 Å². The second-order valence-electron chi connectivity index (χ2n) is 3.76. The van der Waals surface area contributed by atoms with E-state index in [0.29, 0.717) is 6.54 Å². The summed E-state index contributed by atoms with van der Waals surface area (Å²) in [5, 5.41) is 3.10. The summed E-state index contributed by atoms with van der Waals surface area (Å²) in [4.78, 5) is 4.44. The van der Waals surface area contributed by atoms with Gasteiger partial charge < -0.3 is 11.5 Å². The first-order chi connectivity index (χ1) is 7.70. The first kappa shape index (κ1) is 11.3. The van der Waals surface area contributed by atoms with E-state index in [1.165, 1.54) is 0 Å². The van der Waals surface area contributed by atoms with Crippen molar-refractivity contribution in [3.05, 3.63) is 40.9 Å². The summed E-state index contributed by atoms with van der Waals surface area (Å²) in [7, 11) is 0. The largest absolute Gasteiger partial charge is 0.329 e. The van der Waals surface area contributed by atoms with E-state index < -0.39 is 0 Å². The van der Waals surface area contributed by atoms with Crippen LogP contribution in [-0.4, -0.2) is 11.5 Å². The number of benzene rings is 1. The first-order valence-electron chi connectivity index (χ1n) is 5.19. The molecule has 0 saturated carbocycles. The Morgan fingerprint density at radius 2 is 2.00 bits per heavy atom. The second-order valence-corrected chi connectivity index (χ2v) is 4.62. The van der Waals surface area contributed by atoms with Crippen molar-refractivity contribution in [2.24, 2.45) is 11.5 Å². The Labute approximate surface area is 99.1 Å². The molecule has 0 aliphatic heterocycles. The van der Waals surface area contributed by atoms with Gasteiger partial charge in [0.15, 0.2) is 0 Å². The minimum Gasteiger partial charge on any atom is -0.329 e. The maximum absolute atomic E-state index is 5.85. The van der Waals surface area contributed by atoms with Crippen molar-refractivity contribution >= 4 is 11.3 Å². The average Bonchev–Trinajstić information content (AvgIpc) is 2.75. The van der Waals surface area contributed by atoms with Gasteiger partial charge in [-0.25, -0.2) is 4.98 Å². The number of aryl methyl sites for hydroxylation is 1. The molecule has 0 bridgehead atoms. The quantitative estimate of drug-likeness (QED) is 0.853. The Kier molecular flexibility index (Phi) is 3.33. The molecule has 1 heterocycles. The molecule has 0 radical (unpaired) electrons. The zero-order valence-electron chi connectivity index (χ0n) is 9.18. The van der Waals surface area contributed by atoms with Gasteiger partial charge in [0.2, 0.25) is 0 Å². The van der Waals surface area contributed by atoms with Crippen LogP contribution >= 0.6 is 11.3 Å². The van der Waals surface area contributed by atoms with E-state index in [-0.39, 0.29) is 6.04 Å². The fraction of sp³-hybridized carbons (Fsp3) is 0.250. The minimum absolute atomic E-state index is 0.0768. The van der Waals surface area contributed by atoms with Gasteiger partial charge in [-0.3, -0.25) is 0 Å². The van der Waals surface area contributed by atoms with Crippen LogP contribution in [0.2, 0.25) is 0 Å². The molecule has 2 aromatic rings. The first-order valence-corrected chi connectivity index (χ1v) is 6.07. The summed E-state index contributed by atoms with van der Waals surface area (Å²) in [6.45, 7) is 2.47. The van der Waals surface area contributed by atoms with Crippen LogP contribution in [0.4, 0.5) is 0 Å². The molecule has 4 N–H and O–H groups in total. The highest BCUT2D eigenvalue weighted by Gasteiger charge is 2.05. The zero-order chi connectivity index (χ0) is 11.5. The lowest BCUT2D eigenvalue weighted by Crippen LogP contribution is -2.20. The number of hydrogen-bond donors (Lipinski definition) is 2. The molecule has 4 heteroatoms. The molecule has 1 aromatic carbocycles. The van der Waals surface area contributed by atoms with Gasteiger partial charge in [-0.05, 0) is 12.5 Å². The highest BCUT2D eigenvalue weighted by atomic mass is 32.1. The highest BCUT2D eigenvalue weighted by molar-refractivity contribution is 7.13. The van der Waals surface area contributed by atoms with Gasteiger partial charge in [-0.15, -0.1) is 11.3 Å². The van der Waals surface area contributed by atoms with E-state index in [9.17, 15) is 0 Å². The van der Waals surface area contributed by atoms with Crippen molar-refractivity contribution in [1.29, 1.82) is 0 Å². The van der Waals surface area contributed by atoms with E-state index in [4.69, 9.17) is 11.5 Å². The number of thiazole rings is 1. The molecule has 0 spiro atoms. The van der Waals surface area contributed by atoms with Crippen molar-refractivity contribution in [2.75, 3.05) is 6.54 Å². The summed E-state index contributed by atoms with van der Waals surface area (Å²) < 4.78 is 0. The van der Waals surface area contributed by atoms with Gasteiger partial charge in [0.1, 0.15) is 5.01 Å². The minimum atomic E-state index is -0.0768. The molecule has 0 fully saturated rings. The van der Waals surface area contributed by atoms with Crippen LogP contribution in [0.1, 0.15) is 17.3 Å². The van der Waals surface area contributed by atoms with Crippen molar-refractivity contribution in [2.45, 2.75) is 13.0 Å². The molecule has 2 rings (SSSR count). The van der Waals surface area contributed by atoms with Crippen molar-refractivity contribution < 1.29 is 0 Å². The third-order valence-electron chi connectivity index (χ3n) is 2.46. The van der Waals surface area contributed by atoms with E-state index in [0.717, 1.165) is 21.8 Å². The van der Waals surface area contributed by atoms with Crippen LogP contribution in [0, 0.1) is 6.92 Å². The van der Waals surface area contributed by atoms with Gasteiger partial charge >= 0.3 is 0 Å². The van der Waals surface area contributed by atoms with Crippen molar-refractivity contribution in [3.63, 3.8) is 0 Å². The van der Waals surface area contributed by atoms with Crippen LogP contribution in [0.5, 0.6) is 0 Å². The van der Waals surface area contributed by atoms with Crippen LogP contribution in [0.3, 0.4) is 0 Å². The Morgan fingerprint density at radius 3 is 2.50 bits per heavy atom. The fourth-order valence-corrected chi connectivity index (χ4v) is 2.30. The zero-order valence-corrected chi connectivity index (χ0v) is 10.00. The topological polar surface area (TPSA) is 64.9 Å². The van der Waals surface area contributed by atoms with Gasteiger partial charge in [-0.1, -0.05) is 24.3 Å². The van der Waals surface area contributed by atoms with Crippen LogP contribution in [-0.2, 0) is 0 Å². The predicted octanol–water partition coefficient (Wildman–Crippen LogP) is 2.08. The van der Waals surface area contributed by atoms with Crippen molar-refractivity contribution in [3.8, 4) is 10.6 Å². The summed E-state index contributed by atoms with van der Waals surface area (Å²) in [6, 6.07) is 8.05. The molecule has 0 aliphatic carbocycles. The SMILES string of the molecule is Cc1csc(-c2ccc(C(N)CN)cc2)n1. The standard InChI is InChI=1S/C12H15N3S/c1-8-7-16-12(15-8)10-4-2-9(3-5-10)11(14)6-13/h2-5,7,11H,6,13-14H2,1H3. The summed E-state index contributed by atoms with van der Waals surface area (Å²) in [6.07, 6.45) is 0. The Balaban J connectivity index is 2.25. The van der Waals surface area contributed by atoms with Crippen LogP contribution in [0.15, 0.2) is 29.6 Å². The van der Waals surface area contributed by atoms with Gasteiger partial charge in [0.25, 0.3) is 0 Å². The monoisotopic (exact) mass is 233 g/mol. The van der Waals surface area contributed by atoms with Gasteiger partial charge in [-0.2, -0.15) is 0 Å². The fourth-order valence-electron chi connectivity index (χ4n) is 1.50. The van der Waals surface area contributed by atoms with E-state index in [1.54, 1.807) is 11.3 Å². The molecule has 1 atom stereocenters. The van der Waals surface area contributed by atoms with E-state index in [1.807, 2.05) is 31.2 Å². The Hall–Kier alpha value is -1.23. The average molecular weight is 233 g/mol. The molecule has 0 aliphatic rings. The molecular formula is C12H15N3S. The summed E-state index contributed by atoms with van der Waals surface area (Å²) in [5.41, 5.74) is 14.6. The number of nitrogens with zero attached hydrogens (tertiary/aromatic N) is 1. The number of nitrogens with two attached hydrogens (primary N) is 2. The highest BCUT2D eigenvalue weighted by Crippen LogP contribution is 2.24. The second kappa shape index (κ2) is 4.74. The molecule has 16 heavy (non-hydrogen) atoms. The molecule has 0 amide bonds. The third kappa shape index (κ3) is 2.29. The molecule has 0 saturated heterocycles. The lowest BCUT2D eigenvalue weighted by Gasteiger charge is -2.08. The third-order valence-corrected chi connectivity index (χ3v) is 3.47. The predicted molar refractivity (Wildman–Crippen MR) is 68.3 cm³/mol. The van der Waals surface area contributed by atoms with Gasteiger partial charge in [0.05, 0.1) is 0 Å². The van der Waals surface area contributed by atoms with Gasteiger partial charge in [0, 0.05) is 29.2 Å². The van der Waals surface area contributed by atoms with E-state index >= 15 is 0 Å². The summed E-state index contributed by atoms with van der Waals surface area (Å²) in [5.74, 6) is 0. The van der Waals surface area contributed by atoms with Crippen LogP contribution in [0.25, 0.3) is 10.6 Å². The Morgan fingerprint density at radius 1 is 1.31 bits per heavy atom. The number of rotatable bonds is 3. The smallest absolute Gasteiger partial charge is 0.123 e. The molecule has 1 unspecified atom stereocenters. The molecular weight excluding hydrogens is 218 g/mol. The maximum Gasteiger partial charge on any atom is 0.123 e. The number of aromatic nitrogens is 1. The number of hydrogen-bond acceptors (Lipinski definition) is 4. The maximum atomic E-state index is 5.85. The van der Waals surface area contributed by atoms with E-state index in [2.05, 4.69) is 10.4 Å². The molecule has 84 valence electrons. The van der Waals surface area contributed by atoms with Crippen molar-refractivity contribution in [1.82, 2.24) is 4.98 Å². The Bertz CT molecular complexity index is 461. The lowest BCUT2D eigenvalue weighted by atomic mass is 10.1.